The van der Waals surface area contributed by atoms with E-state index in [-0.39, 0.29) is 17.1 Å². The van der Waals surface area contributed by atoms with Crippen LogP contribution in [0.5, 0.6) is 0 Å². The summed E-state index contributed by atoms with van der Waals surface area (Å²) in [5.41, 5.74) is 2.62. The van der Waals surface area contributed by atoms with Gasteiger partial charge < -0.3 is 0 Å². The monoisotopic (exact) mass is 405 g/mol. The van der Waals surface area contributed by atoms with Crippen molar-refractivity contribution in [2.45, 2.75) is 18.7 Å². The van der Waals surface area contributed by atoms with Crippen molar-refractivity contribution in [2.24, 2.45) is 4.36 Å². The number of rotatable bonds is 4. The molecule has 27 heavy (non-hydrogen) atoms. The van der Waals surface area contributed by atoms with E-state index in [2.05, 4.69) is 4.36 Å². The lowest BCUT2D eigenvalue weighted by Crippen LogP contribution is -2.38. The molecule has 0 aromatic heterocycles. The fourth-order valence-electron chi connectivity index (χ4n) is 2.53. The lowest BCUT2D eigenvalue weighted by molar-refractivity contribution is -0.384. The molecule has 0 amide bonds. The molecule has 0 saturated heterocycles. The molecule has 1 heterocycles. The summed E-state index contributed by atoms with van der Waals surface area (Å²) in [6.45, 7) is 4.19. The van der Waals surface area contributed by atoms with Crippen molar-refractivity contribution in [3.63, 3.8) is 0 Å². The molecule has 1 atom stereocenters. The maximum Gasteiger partial charge on any atom is 0.269 e. The quantitative estimate of drug-likeness (QED) is 0.437. The fourth-order valence-corrected chi connectivity index (χ4v) is 6.70. The van der Waals surface area contributed by atoms with Crippen LogP contribution in [0.1, 0.15) is 13.8 Å². The number of non-ortho nitro benzene ring substituents is 1. The highest BCUT2D eigenvalue weighted by molar-refractivity contribution is 8.02. The van der Waals surface area contributed by atoms with E-state index in [4.69, 9.17) is 0 Å². The van der Waals surface area contributed by atoms with Gasteiger partial charge in [0.1, 0.15) is 0 Å². The molecule has 1 aliphatic heterocycles. The zero-order valence-corrected chi connectivity index (χ0v) is 16.5. The lowest BCUT2D eigenvalue weighted by Gasteiger charge is -2.30. The Bertz CT molecular complexity index is 1030. The van der Waals surface area contributed by atoms with Gasteiger partial charge in [-0.3, -0.25) is 10.1 Å². The SMILES string of the molecule is CC1=C(C)CS(=Nc2ccc([N+](=O)[O-])cc2)N(S(=O)(=O)c2ccccc2)C1. The number of nitrogens with zero attached hydrogens (tertiary/aromatic N) is 3. The highest BCUT2D eigenvalue weighted by atomic mass is 32.3. The Morgan fingerprint density at radius 3 is 2.26 bits per heavy atom. The Morgan fingerprint density at radius 2 is 1.67 bits per heavy atom. The van der Waals surface area contributed by atoms with Crippen molar-refractivity contribution >= 4 is 32.3 Å². The van der Waals surface area contributed by atoms with Crippen LogP contribution in [0.3, 0.4) is 0 Å². The van der Waals surface area contributed by atoms with E-state index in [1.54, 1.807) is 42.5 Å². The number of hydrogen-bond donors (Lipinski definition) is 0. The molecule has 0 bridgehead atoms. The van der Waals surface area contributed by atoms with Gasteiger partial charge in [0, 0.05) is 24.4 Å². The minimum absolute atomic E-state index is 0.0263. The second-order valence-electron chi connectivity index (χ2n) is 6.19. The van der Waals surface area contributed by atoms with E-state index in [9.17, 15) is 18.5 Å². The van der Waals surface area contributed by atoms with Gasteiger partial charge in [0.15, 0.2) is 0 Å². The summed E-state index contributed by atoms with van der Waals surface area (Å²) in [6, 6.07) is 14.1. The first-order valence-corrected chi connectivity index (χ1v) is 10.9. The average molecular weight is 406 g/mol. The molecule has 142 valence electrons. The molecule has 9 heteroatoms. The molecular formula is C18H19N3O4S2. The van der Waals surface area contributed by atoms with Gasteiger partial charge >= 0.3 is 0 Å². The van der Waals surface area contributed by atoms with E-state index < -0.39 is 25.8 Å². The standard InChI is InChI=1S/C18H19N3O4S2/c1-14-12-20(27(24,25)18-6-4-3-5-7-18)26(13-15(14)2)19-16-8-10-17(11-9-16)21(22)23/h3-11H,12-13H2,1-2H3. The zero-order valence-electron chi connectivity index (χ0n) is 14.9. The van der Waals surface area contributed by atoms with E-state index in [1.807, 2.05) is 13.8 Å². The van der Waals surface area contributed by atoms with Gasteiger partial charge in [-0.15, -0.1) is 3.71 Å². The third-order valence-corrected chi connectivity index (χ3v) is 8.61. The summed E-state index contributed by atoms with van der Waals surface area (Å²) >= 11 is 0. The van der Waals surface area contributed by atoms with Crippen molar-refractivity contribution in [3.8, 4) is 0 Å². The molecular weight excluding hydrogens is 386 g/mol. The second kappa shape index (κ2) is 7.71. The van der Waals surface area contributed by atoms with Crippen LogP contribution in [0.2, 0.25) is 0 Å². The Morgan fingerprint density at radius 1 is 1.04 bits per heavy atom. The molecule has 0 N–H and O–H groups in total. The molecule has 1 unspecified atom stereocenters. The van der Waals surface area contributed by atoms with Gasteiger partial charge in [-0.1, -0.05) is 29.3 Å². The number of benzene rings is 2. The second-order valence-corrected chi connectivity index (χ2v) is 9.87. The van der Waals surface area contributed by atoms with Crippen molar-refractivity contribution < 1.29 is 13.3 Å². The molecule has 0 fully saturated rings. The Labute approximate surface area is 160 Å². The predicted molar refractivity (Wildman–Crippen MR) is 106 cm³/mol. The van der Waals surface area contributed by atoms with Crippen LogP contribution in [0.25, 0.3) is 0 Å². The third-order valence-electron chi connectivity index (χ3n) is 4.26. The van der Waals surface area contributed by atoms with Gasteiger partial charge in [-0.05, 0) is 49.0 Å². The first-order chi connectivity index (χ1) is 12.8. The number of nitro groups is 1. The first kappa shape index (κ1) is 19.4. The maximum absolute atomic E-state index is 13.1. The minimum atomic E-state index is -3.70. The average Bonchev–Trinajstić information content (AvgIpc) is 2.65. The molecule has 3 rings (SSSR count). The summed E-state index contributed by atoms with van der Waals surface area (Å²) in [5.74, 6) is 0.509. The van der Waals surface area contributed by atoms with Gasteiger partial charge in [-0.25, -0.2) is 12.8 Å². The summed E-state index contributed by atoms with van der Waals surface area (Å²) in [7, 11) is -4.63. The number of hydrogen-bond acceptors (Lipinski definition) is 5. The van der Waals surface area contributed by atoms with Crippen LogP contribution in [-0.4, -0.2) is 29.3 Å². The van der Waals surface area contributed by atoms with E-state index >= 15 is 0 Å². The largest absolute Gasteiger partial charge is 0.269 e. The highest BCUT2D eigenvalue weighted by Gasteiger charge is 2.31. The van der Waals surface area contributed by atoms with Gasteiger partial charge in [0.25, 0.3) is 15.7 Å². The summed E-state index contributed by atoms with van der Waals surface area (Å²) in [6.07, 6.45) is 0. The molecule has 2 aromatic carbocycles. The van der Waals surface area contributed by atoms with Gasteiger partial charge in [-0.2, -0.15) is 0 Å². The van der Waals surface area contributed by atoms with Crippen LogP contribution in [-0.2, 0) is 20.9 Å². The summed E-state index contributed by atoms with van der Waals surface area (Å²) in [5, 5.41) is 10.8. The topological polar surface area (TPSA) is 92.9 Å². The molecule has 0 saturated carbocycles. The third kappa shape index (κ3) is 4.15. The highest BCUT2D eigenvalue weighted by Crippen LogP contribution is 2.28. The first-order valence-electron chi connectivity index (χ1n) is 8.19. The minimum Gasteiger partial charge on any atom is -0.258 e. The normalized spacial score (nSPS) is 18.7. The molecule has 2 aromatic rings. The van der Waals surface area contributed by atoms with Crippen LogP contribution in [0, 0.1) is 10.1 Å². The van der Waals surface area contributed by atoms with Crippen LogP contribution < -0.4 is 0 Å². The van der Waals surface area contributed by atoms with Gasteiger partial charge in [0.05, 0.1) is 15.5 Å². The Kier molecular flexibility index (Phi) is 5.54. The summed E-state index contributed by atoms with van der Waals surface area (Å²) < 4.78 is 32.3. The van der Waals surface area contributed by atoms with Crippen molar-refractivity contribution in [2.75, 3.05) is 12.3 Å². The fraction of sp³-hybridized carbons (Fsp3) is 0.222. The molecule has 0 radical (unpaired) electrons. The molecule has 7 nitrogen and oxygen atoms in total. The molecule has 0 aliphatic carbocycles. The Hall–Kier alpha value is -2.36. The smallest absolute Gasteiger partial charge is 0.258 e. The van der Waals surface area contributed by atoms with Crippen molar-refractivity contribution in [1.29, 1.82) is 0 Å². The van der Waals surface area contributed by atoms with E-state index in [0.29, 0.717) is 11.4 Å². The van der Waals surface area contributed by atoms with Crippen LogP contribution in [0.4, 0.5) is 11.4 Å². The van der Waals surface area contributed by atoms with Gasteiger partial charge in [0.2, 0.25) is 0 Å². The zero-order chi connectivity index (χ0) is 19.6. The molecule has 0 spiro atoms. The molecule has 1 aliphatic rings. The number of nitro benzene ring substituents is 1. The lowest BCUT2D eigenvalue weighted by atomic mass is 10.2. The van der Waals surface area contributed by atoms with Crippen LogP contribution in [0.15, 0.2) is 75.0 Å². The Balaban J connectivity index is 2.04. The maximum atomic E-state index is 13.1. The van der Waals surface area contributed by atoms with Crippen LogP contribution >= 0.6 is 0 Å². The predicted octanol–water partition coefficient (Wildman–Crippen LogP) is 3.98. The van der Waals surface area contributed by atoms with Crippen molar-refractivity contribution in [3.05, 3.63) is 75.9 Å². The summed E-state index contributed by atoms with van der Waals surface area (Å²) in [4.78, 5) is 10.6. The van der Waals surface area contributed by atoms with E-state index in [1.165, 1.54) is 15.8 Å². The van der Waals surface area contributed by atoms with Crippen molar-refractivity contribution in [1.82, 2.24) is 3.71 Å². The number of sulfonamides is 1. The van der Waals surface area contributed by atoms with E-state index in [0.717, 1.165) is 11.1 Å².